The summed E-state index contributed by atoms with van der Waals surface area (Å²) in [6.45, 7) is 5.34. The standard InChI is InChI=1S/C24H26N4O5.C5H8O4/c1-14-17(3-4-18-19(14)13-33-24(18)31)21(29)12-28-7-5-16(6-8-28)27-23(30)20-9-22(32-2)15(10-25)11-26-20;1-3(6)2-4(7)5(8)9/h3-4,9,11,16,21,29H,5-8,12-13H2,1-2H3,(H,27,30);4,7H,2H2,1H3,(H,8,9)/t21-;/m0./s1. The molecule has 1 aromatic carbocycles. The quantitative estimate of drug-likeness (QED) is 0.309. The van der Waals surface area contributed by atoms with Crippen LogP contribution in [0.25, 0.3) is 0 Å². The molecule has 4 N–H and O–H groups in total. The predicted octanol–water partition coefficient (Wildman–Crippen LogP) is 1.28. The van der Waals surface area contributed by atoms with Gasteiger partial charge in [-0.2, -0.15) is 5.26 Å². The van der Waals surface area contributed by atoms with Gasteiger partial charge in [0, 0.05) is 49.9 Å². The minimum absolute atomic E-state index is 0.000720. The minimum atomic E-state index is -1.54. The first kappa shape index (κ1) is 32.1. The Bertz CT molecular complexity index is 1380. The highest BCUT2D eigenvalue weighted by Gasteiger charge is 2.28. The molecule has 0 saturated carbocycles. The number of methoxy groups -OCH3 is 1. The number of piperidine rings is 1. The Balaban J connectivity index is 0.000000467. The number of hydrogen-bond donors (Lipinski definition) is 4. The molecule has 1 fully saturated rings. The summed E-state index contributed by atoms with van der Waals surface area (Å²) < 4.78 is 10.2. The first-order chi connectivity index (χ1) is 19.9. The van der Waals surface area contributed by atoms with E-state index in [4.69, 9.17) is 24.9 Å². The van der Waals surface area contributed by atoms with Gasteiger partial charge in [-0.15, -0.1) is 0 Å². The number of pyridine rings is 1. The van der Waals surface area contributed by atoms with Crippen LogP contribution < -0.4 is 10.1 Å². The lowest BCUT2D eigenvalue weighted by Gasteiger charge is -2.33. The molecular weight excluding hydrogens is 548 g/mol. The van der Waals surface area contributed by atoms with Gasteiger partial charge in [-0.05, 0) is 43.9 Å². The predicted molar refractivity (Wildman–Crippen MR) is 147 cm³/mol. The minimum Gasteiger partial charge on any atom is -0.495 e. The molecule has 13 nitrogen and oxygen atoms in total. The van der Waals surface area contributed by atoms with Crippen LogP contribution in [0.4, 0.5) is 0 Å². The number of likely N-dealkylation sites (tertiary alicyclic amines) is 1. The Kier molecular flexibility index (Phi) is 11.1. The number of cyclic esters (lactones) is 1. The number of nitrogens with one attached hydrogen (secondary N) is 1. The van der Waals surface area contributed by atoms with Crippen molar-refractivity contribution in [1.82, 2.24) is 15.2 Å². The number of carbonyl (C=O) groups is 4. The number of Topliss-reactive ketones (excluding diaryl/α,β-unsaturated/α-hetero) is 1. The van der Waals surface area contributed by atoms with Crippen LogP contribution in [0, 0.1) is 18.3 Å². The van der Waals surface area contributed by atoms with E-state index in [0.29, 0.717) is 17.9 Å². The molecule has 1 aromatic heterocycles. The van der Waals surface area contributed by atoms with Crippen LogP contribution >= 0.6 is 0 Å². The van der Waals surface area contributed by atoms with Crippen molar-refractivity contribution < 1.29 is 44.0 Å². The molecule has 42 heavy (non-hydrogen) atoms. The zero-order valence-corrected chi connectivity index (χ0v) is 23.6. The van der Waals surface area contributed by atoms with Crippen LogP contribution in [-0.2, 0) is 20.9 Å². The van der Waals surface area contributed by atoms with Crippen molar-refractivity contribution in [1.29, 1.82) is 5.26 Å². The SMILES string of the molecule is CC(=O)CC(O)C(=O)O.COc1cc(C(=O)NC2CCN(C[C@H](O)c3ccc4c(c3C)COC4=O)CC2)ncc1C#N. The average molecular weight is 583 g/mol. The summed E-state index contributed by atoms with van der Waals surface area (Å²) in [5.74, 6) is -1.98. The van der Waals surface area contributed by atoms with Crippen molar-refractivity contribution in [3.8, 4) is 11.8 Å². The fourth-order valence-corrected chi connectivity index (χ4v) is 4.76. The number of nitriles is 1. The summed E-state index contributed by atoms with van der Waals surface area (Å²) in [6, 6.07) is 6.98. The maximum atomic E-state index is 12.6. The number of benzene rings is 1. The molecular formula is C29H34N4O9. The van der Waals surface area contributed by atoms with Gasteiger partial charge in [0.2, 0.25) is 0 Å². The van der Waals surface area contributed by atoms with E-state index in [0.717, 1.165) is 42.6 Å². The smallest absolute Gasteiger partial charge is 0.338 e. The Morgan fingerprint density at radius 2 is 1.95 bits per heavy atom. The van der Waals surface area contributed by atoms with Gasteiger partial charge < -0.3 is 35.0 Å². The van der Waals surface area contributed by atoms with Crippen molar-refractivity contribution in [3.63, 3.8) is 0 Å². The fraction of sp³-hybridized carbons (Fsp3) is 0.448. The van der Waals surface area contributed by atoms with Crippen LogP contribution in [0.1, 0.15) is 75.4 Å². The van der Waals surface area contributed by atoms with Crippen molar-refractivity contribution in [3.05, 3.63) is 57.9 Å². The molecule has 2 atom stereocenters. The number of carbonyl (C=O) groups excluding carboxylic acids is 3. The van der Waals surface area contributed by atoms with Crippen LogP contribution in [-0.4, -0.2) is 87.7 Å². The fourth-order valence-electron chi connectivity index (χ4n) is 4.76. The monoisotopic (exact) mass is 582 g/mol. The van der Waals surface area contributed by atoms with Gasteiger partial charge in [-0.1, -0.05) is 6.07 Å². The number of aliphatic carboxylic acids is 1. The van der Waals surface area contributed by atoms with Gasteiger partial charge in [-0.25, -0.2) is 14.6 Å². The Hall–Kier alpha value is -4.38. The first-order valence-electron chi connectivity index (χ1n) is 13.3. The number of aromatic nitrogens is 1. The molecule has 2 aliphatic rings. The molecule has 2 aromatic rings. The van der Waals surface area contributed by atoms with Gasteiger partial charge in [0.05, 0.1) is 18.8 Å². The number of hydrogen-bond acceptors (Lipinski definition) is 11. The summed E-state index contributed by atoms with van der Waals surface area (Å²) in [5.41, 5.74) is 3.62. The van der Waals surface area contributed by atoms with Gasteiger partial charge in [-0.3, -0.25) is 9.59 Å². The van der Waals surface area contributed by atoms with Gasteiger partial charge >= 0.3 is 11.9 Å². The molecule has 0 aliphatic carbocycles. The zero-order valence-electron chi connectivity index (χ0n) is 23.6. The molecule has 4 rings (SSSR count). The van der Waals surface area contributed by atoms with E-state index in [1.54, 1.807) is 12.1 Å². The third kappa shape index (κ3) is 8.10. The highest BCUT2D eigenvalue weighted by Crippen LogP contribution is 2.30. The lowest BCUT2D eigenvalue weighted by atomic mass is 9.94. The molecule has 0 spiro atoms. The number of carboxylic acids is 1. The number of aliphatic hydroxyl groups is 2. The number of fused-ring (bicyclic) bond motifs is 1. The van der Waals surface area contributed by atoms with Gasteiger partial charge in [0.1, 0.15) is 35.5 Å². The lowest BCUT2D eigenvalue weighted by Crippen LogP contribution is -2.45. The summed E-state index contributed by atoms with van der Waals surface area (Å²) in [6.07, 6.45) is 0.306. The third-order valence-corrected chi connectivity index (χ3v) is 7.13. The molecule has 2 aliphatic heterocycles. The number of nitrogens with zero attached hydrogens (tertiary/aromatic N) is 3. The number of esters is 1. The van der Waals surface area contributed by atoms with E-state index in [-0.39, 0.29) is 48.0 Å². The first-order valence-corrected chi connectivity index (χ1v) is 13.3. The highest BCUT2D eigenvalue weighted by molar-refractivity contribution is 5.94. The summed E-state index contributed by atoms with van der Waals surface area (Å²) in [4.78, 5) is 50.5. The molecule has 224 valence electrons. The second-order valence-corrected chi connectivity index (χ2v) is 10.1. The average Bonchev–Trinajstić information content (AvgIpc) is 3.35. The number of aliphatic hydroxyl groups excluding tert-OH is 2. The van der Waals surface area contributed by atoms with Crippen LogP contribution in [0.15, 0.2) is 24.4 Å². The molecule has 1 unspecified atom stereocenters. The topological polar surface area (TPSA) is 199 Å². The summed E-state index contributed by atoms with van der Waals surface area (Å²) >= 11 is 0. The van der Waals surface area contributed by atoms with Crippen molar-refractivity contribution >= 4 is 23.6 Å². The lowest BCUT2D eigenvalue weighted by molar-refractivity contribution is -0.148. The van der Waals surface area contributed by atoms with E-state index in [9.17, 15) is 24.3 Å². The maximum absolute atomic E-state index is 12.6. The Morgan fingerprint density at radius 3 is 2.52 bits per heavy atom. The van der Waals surface area contributed by atoms with Crippen LogP contribution in [0.3, 0.4) is 0 Å². The number of rotatable bonds is 9. The third-order valence-electron chi connectivity index (χ3n) is 7.13. The van der Waals surface area contributed by atoms with E-state index >= 15 is 0 Å². The van der Waals surface area contributed by atoms with E-state index < -0.39 is 18.2 Å². The Labute approximate surface area is 242 Å². The maximum Gasteiger partial charge on any atom is 0.338 e. The number of amides is 1. The number of ether oxygens (including phenoxy) is 2. The molecule has 1 amide bonds. The molecule has 0 bridgehead atoms. The Morgan fingerprint density at radius 1 is 1.26 bits per heavy atom. The molecule has 1 saturated heterocycles. The van der Waals surface area contributed by atoms with Crippen molar-refractivity contribution in [2.45, 2.75) is 58.0 Å². The second kappa shape index (κ2) is 14.5. The van der Waals surface area contributed by atoms with Crippen LogP contribution in [0.2, 0.25) is 0 Å². The molecule has 13 heteroatoms. The molecule has 0 radical (unpaired) electrons. The largest absolute Gasteiger partial charge is 0.495 e. The molecule has 3 heterocycles. The van der Waals surface area contributed by atoms with E-state index in [1.807, 2.05) is 13.0 Å². The van der Waals surface area contributed by atoms with Crippen molar-refractivity contribution in [2.75, 3.05) is 26.7 Å². The number of carboxylic acid groups (broad SMARTS) is 1. The second-order valence-electron chi connectivity index (χ2n) is 10.1. The van der Waals surface area contributed by atoms with E-state index in [2.05, 4.69) is 15.2 Å². The van der Waals surface area contributed by atoms with Gasteiger partial charge in [0.15, 0.2) is 6.10 Å². The number of β-amino-alcohol motifs (C(OH)–C–C–N with tert-alkyl or cyclic N) is 1. The summed E-state index contributed by atoms with van der Waals surface area (Å²) in [5, 5.41) is 39.4. The highest BCUT2D eigenvalue weighted by atomic mass is 16.5. The van der Waals surface area contributed by atoms with Crippen LogP contribution in [0.5, 0.6) is 5.75 Å². The van der Waals surface area contributed by atoms with E-state index in [1.165, 1.54) is 26.3 Å². The summed E-state index contributed by atoms with van der Waals surface area (Å²) in [7, 11) is 1.44. The van der Waals surface area contributed by atoms with Crippen molar-refractivity contribution in [2.24, 2.45) is 0 Å². The number of ketones is 1. The zero-order chi connectivity index (χ0) is 31.0. The van der Waals surface area contributed by atoms with Gasteiger partial charge in [0.25, 0.3) is 5.91 Å². The normalized spacial score (nSPS) is 16.1.